The maximum absolute atomic E-state index is 16.8. The Kier molecular flexibility index (Phi) is 6.66. The monoisotopic (exact) mass is 599 g/mol. The van der Waals surface area contributed by atoms with Crippen molar-refractivity contribution in [2.24, 2.45) is 17.8 Å². The first kappa shape index (κ1) is 27.9. The Balaban J connectivity index is 1.27. The Bertz CT molecular complexity index is 1770. The number of ether oxygens (including phenoxy) is 1. The molecule has 0 spiro atoms. The van der Waals surface area contributed by atoms with E-state index in [1.165, 1.54) is 31.4 Å². The van der Waals surface area contributed by atoms with Gasteiger partial charge in [0.15, 0.2) is 5.82 Å². The van der Waals surface area contributed by atoms with E-state index in [2.05, 4.69) is 21.7 Å². The maximum Gasteiger partial charge on any atom is 0.319 e. The van der Waals surface area contributed by atoms with Gasteiger partial charge in [-0.1, -0.05) is 19.9 Å². The molecular weight excluding hydrogens is 560 g/mol. The van der Waals surface area contributed by atoms with Gasteiger partial charge in [-0.15, -0.1) is 0 Å². The maximum atomic E-state index is 16.8. The Morgan fingerprint density at radius 2 is 1.91 bits per heavy atom. The van der Waals surface area contributed by atoms with Gasteiger partial charge in [-0.25, -0.2) is 8.78 Å². The summed E-state index contributed by atoms with van der Waals surface area (Å²) in [7, 11) is 0. The number of anilines is 1. The lowest BCUT2D eigenvalue weighted by Gasteiger charge is -2.34. The number of piperidine rings is 1. The van der Waals surface area contributed by atoms with Crippen LogP contribution in [0.2, 0.25) is 0 Å². The third kappa shape index (κ3) is 4.49. The van der Waals surface area contributed by atoms with Crippen molar-refractivity contribution in [1.82, 2.24) is 19.9 Å². The van der Waals surface area contributed by atoms with Crippen LogP contribution in [0.4, 0.5) is 14.6 Å². The molecule has 44 heavy (non-hydrogen) atoms. The zero-order chi connectivity index (χ0) is 30.2. The van der Waals surface area contributed by atoms with Crippen molar-refractivity contribution in [3.63, 3.8) is 0 Å². The second kappa shape index (κ2) is 10.5. The molecule has 5 heterocycles. The van der Waals surface area contributed by atoms with Gasteiger partial charge in [0, 0.05) is 31.4 Å². The molecule has 3 aliphatic heterocycles. The Hall–Kier alpha value is -3.59. The lowest BCUT2D eigenvalue weighted by molar-refractivity contribution is 0.107. The number of pyridine rings is 1. The van der Waals surface area contributed by atoms with Crippen molar-refractivity contribution in [1.29, 1.82) is 0 Å². The summed E-state index contributed by atoms with van der Waals surface area (Å²) in [6, 6.07) is 6.22. The summed E-state index contributed by atoms with van der Waals surface area (Å²) in [6.45, 7) is 8.53. The molecule has 0 radical (unpaired) electrons. The second-order valence-electron chi connectivity index (χ2n) is 13.8. The highest BCUT2D eigenvalue weighted by Gasteiger charge is 2.48. The molecule has 1 aliphatic carbocycles. The van der Waals surface area contributed by atoms with Crippen molar-refractivity contribution in [2.75, 3.05) is 37.7 Å². The Morgan fingerprint density at radius 1 is 1.09 bits per heavy atom. The van der Waals surface area contributed by atoms with E-state index in [0.717, 1.165) is 45.4 Å². The summed E-state index contributed by atoms with van der Waals surface area (Å²) >= 11 is 0. The van der Waals surface area contributed by atoms with Crippen LogP contribution in [0.5, 0.6) is 11.8 Å². The number of phenolic OH excluding ortho intramolecular Hbond substituents is 1. The molecule has 9 heteroatoms. The van der Waals surface area contributed by atoms with E-state index in [1.807, 2.05) is 6.92 Å². The summed E-state index contributed by atoms with van der Waals surface area (Å²) < 4.78 is 38.2. The number of aromatic hydroxyl groups is 1. The minimum Gasteiger partial charge on any atom is -0.508 e. The molecule has 0 amide bonds. The molecule has 1 N–H and O–H groups in total. The molecule has 2 bridgehead atoms. The predicted octanol–water partition coefficient (Wildman–Crippen LogP) is 6.88. The second-order valence-corrected chi connectivity index (χ2v) is 13.8. The summed E-state index contributed by atoms with van der Waals surface area (Å²) in [6.07, 6.45) is 9.01. The van der Waals surface area contributed by atoms with Crippen LogP contribution in [0.25, 0.3) is 32.9 Å². The van der Waals surface area contributed by atoms with E-state index in [4.69, 9.17) is 14.7 Å². The van der Waals surface area contributed by atoms with E-state index in [9.17, 15) is 9.50 Å². The molecule has 2 unspecified atom stereocenters. The van der Waals surface area contributed by atoms with Crippen molar-refractivity contribution in [2.45, 2.75) is 64.3 Å². The number of hydrogen-bond acceptors (Lipinski definition) is 7. The van der Waals surface area contributed by atoms with Crippen LogP contribution in [-0.4, -0.2) is 63.3 Å². The topological polar surface area (TPSA) is 74.6 Å². The number of aryl methyl sites for hydroxylation is 1. The van der Waals surface area contributed by atoms with E-state index in [-0.39, 0.29) is 34.3 Å². The van der Waals surface area contributed by atoms with Gasteiger partial charge in [0.25, 0.3) is 0 Å². The molecule has 4 aliphatic rings. The van der Waals surface area contributed by atoms with Crippen LogP contribution >= 0.6 is 0 Å². The van der Waals surface area contributed by atoms with Crippen molar-refractivity contribution >= 4 is 27.5 Å². The standard InChI is InChI=1S/C35H39F2N5O2/c1-3-25-28(36)8-7-23-12-24(43)13-26(29(23)25)31-30(37)32-27(15-38-31)33(41-17-21-5-6-22(11-21)18-41)40-34(39-32)44-19-35-9-4-10-42(35)16-20(2)14-35/h7-8,12-13,15,20-22,43H,3-6,9-11,14,16-19H2,1-2H3/t20-,21?,22?,35+/m1/s1. The number of halogens is 2. The first-order valence-electron chi connectivity index (χ1n) is 16.3. The van der Waals surface area contributed by atoms with Gasteiger partial charge in [-0.3, -0.25) is 9.88 Å². The summed E-state index contributed by atoms with van der Waals surface area (Å²) in [5.41, 5.74) is 0.944. The molecule has 7 nitrogen and oxygen atoms in total. The van der Waals surface area contributed by atoms with Crippen molar-refractivity contribution < 1.29 is 18.6 Å². The number of fused-ring (bicyclic) bond motifs is 5. The smallest absolute Gasteiger partial charge is 0.319 e. The van der Waals surface area contributed by atoms with Gasteiger partial charge in [-0.2, -0.15) is 9.97 Å². The quantitative estimate of drug-likeness (QED) is 0.259. The SMILES string of the molecule is CCc1c(F)ccc2cc(O)cc(-c3ncc4c(N5CC6CCC(C6)C5)nc(OC[C@@]56CCCN5C[C@H](C)C6)nc4c3F)c12. The molecular formula is C35H39F2N5O2. The fraction of sp³-hybridized carbons (Fsp3) is 0.514. The van der Waals surface area contributed by atoms with E-state index < -0.39 is 5.82 Å². The zero-order valence-corrected chi connectivity index (χ0v) is 25.5. The lowest BCUT2D eigenvalue weighted by Crippen LogP contribution is -2.43. The molecule has 2 aromatic heterocycles. The highest BCUT2D eigenvalue weighted by atomic mass is 19.1. The molecule has 2 aromatic carbocycles. The first-order valence-corrected chi connectivity index (χ1v) is 16.3. The Morgan fingerprint density at radius 3 is 2.70 bits per heavy atom. The first-order chi connectivity index (χ1) is 21.3. The van der Waals surface area contributed by atoms with Crippen molar-refractivity contribution in [3.8, 4) is 23.0 Å². The highest BCUT2D eigenvalue weighted by molar-refractivity contribution is 6.01. The summed E-state index contributed by atoms with van der Waals surface area (Å²) in [5, 5.41) is 12.3. The van der Waals surface area contributed by atoms with Crippen LogP contribution in [0.3, 0.4) is 0 Å². The number of phenols is 1. The number of benzene rings is 2. The number of nitrogens with zero attached hydrogens (tertiary/aromatic N) is 5. The van der Waals surface area contributed by atoms with Gasteiger partial charge in [0.1, 0.15) is 35.2 Å². The van der Waals surface area contributed by atoms with Gasteiger partial charge in [0.2, 0.25) is 0 Å². The fourth-order valence-electron chi connectivity index (χ4n) is 8.95. The summed E-state index contributed by atoms with van der Waals surface area (Å²) in [4.78, 5) is 19.1. The summed E-state index contributed by atoms with van der Waals surface area (Å²) in [5.74, 6) is 1.46. The molecule has 4 fully saturated rings. The van der Waals surface area contributed by atoms with E-state index in [1.54, 1.807) is 18.3 Å². The molecule has 8 rings (SSSR count). The van der Waals surface area contributed by atoms with Crippen LogP contribution in [0.15, 0.2) is 30.5 Å². The molecule has 3 saturated heterocycles. The number of aromatic nitrogens is 3. The molecule has 1 saturated carbocycles. The highest BCUT2D eigenvalue weighted by Crippen LogP contribution is 2.44. The van der Waals surface area contributed by atoms with Crippen LogP contribution in [0.1, 0.15) is 57.9 Å². The van der Waals surface area contributed by atoms with Gasteiger partial charge < -0.3 is 14.7 Å². The Labute approximate surface area is 256 Å². The fourth-order valence-corrected chi connectivity index (χ4v) is 8.95. The average Bonchev–Trinajstić information content (AvgIpc) is 3.66. The molecule has 230 valence electrons. The zero-order valence-electron chi connectivity index (χ0n) is 25.5. The molecule has 4 aromatic rings. The van der Waals surface area contributed by atoms with Crippen LogP contribution in [-0.2, 0) is 6.42 Å². The lowest BCUT2D eigenvalue weighted by atomic mass is 9.92. The van der Waals surface area contributed by atoms with Crippen molar-refractivity contribution in [3.05, 3.63) is 47.7 Å². The van der Waals surface area contributed by atoms with Crippen LogP contribution < -0.4 is 9.64 Å². The third-order valence-corrected chi connectivity index (χ3v) is 10.8. The van der Waals surface area contributed by atoms with Gasteiger partial charge in [0.05, 0.1) is 10.9 Å². The normalized spacial score (nSPS) is 26.6. The van der Waals surface area contributed by atoms with Crippen LogP contribution in [0, 0.1) is 29.4 Å². The number of hydrogen-bond donors (Lipinski definition) is 1. The predicted molar refractivity (Wildman–Crippen MR) is 167 cm³/mol. The minimum absolute atomic E-state index is 0.0226. The largest absolute Gasteiger partial charge is 0.508 e. The van der Waals surface area contributed by atoms with Gasteiger partial charge in [-0.05, 0) is 104 Å². The third-order valence-electron chi connectivity index (χ3n) is 10.8. The number of rotatable bonds is 6. The van der Waals surface area contributed by atoms with E-state index in [0.29, 0.717) is 63.9 Å². The molecule has 4 atom stereocenters. The minimum atomic E-state index is -0.621. The van der Waals surface area contributed by atoms with E-state index >= 15 is 4.39 Å². The average molecular weight is 600 g/mol. The van der Waals surface area contributed by atoms with Gasteiger partial charge >= 0.3 is 6.01 Å².